The lowest BCUT2D eigenvalue weighted by Crippen LogP contribution is -2.52. The van der Waals surface area contributed by atoms with E-state index in [4.69, 9.17) is 0 Å². The molecule has 1 rings (SSSR count). The minimum atomic E-state index is -0.534. The molecule has 0 aliphatic heterocycles. The van der Waals surface area contributed by atoms with Crippen LogP contribution in [0.4, 0.5) is 0 Å². The largest absolute Gasteiger partial charge is 0.348 e. The fourth-order valence-corrected chi connectivity index (χ4v) is 1.84. The second kappa shape index (κ2) is 6.01. The Kier molecular flexibility index (Phi) is 4.91. The first-order chi connectivity index (χ1) is 8.36. The molecular weight excluding hydrogens is 224 g/mol. The van der Waals surface area contributed by atoms with Crippen LogP contribution in [0.3, 0.4) is 0 Å². The highest BCUT2D eigenvalue weighted by atomic mass is 16.2. The second-order valence-corrected chi connectivity index (χ2v) is 5.26. The molecule has 0 unspecified atom stereocenters. The third-order valence-corrected chi connectivity index (χ3v) is 3.11. The van der Waals surface area contributed by atoms with E-state index in [9.17, 15) is 4.79 Å². The van der Waals surface area contributed by atoms with E-state index in [0.29, 0.717) is 0 Å². The van der Waals surface area contributed by atoms with E-state index in [1.54, 1.807) is 0 Å². The normalized spacial score (nSPS) is 13.2. The number of aryl methyl sites for hydroxylation is 1. The van der Waals surface area contributed by atoms with Gasteiger partial charge in [-0.1, -0.05) is 36.8 Å². The maximum atomic E-state index is 12.1. The summed E-state index contributed by atoms with van der Waals surface area (Å²) in [4.78, 5) is 12.1. The Labute approximate surface area is 110 Å². The second-order valence-electron chi connectivity index (χ2n) is 5.26. The molecule has 100 valence electrons. The van der Waals surface area contributed by atoms with Gasteiger partial charge < -0.3 is 10.6 Å². The summed E-state index contributed by atoms with van der Waals surface area (Å²) in [5.41, 5.74) is 1.82. The number of rotatable bonds is 5. The zero-order chi connectivity index (χ0) is 13.8. The molecule has 1 aromatic rings. The first-order valence-corrected chi connectivity index (χ1v) is 6.49. The molecule has 0 bridgehead atoms. The van der Waals surface area contributed by atoms with Gasteiger partial charge in [-0.15, -0.1) is 0 Å². The Hall–Kier alpha value is -1.35. The summed E-state index contributed by atoms with van der Waals surface area (Å²) in [6.07, 6.45) is 0. The third-order valence-electron chi connectivity index (χ3n) is 3.11. The molecular formula is C15H24N2O. The van der Waals surface area contributed by atoms with Gasteiger partial charge in [-0.25, -0.2) is 0 Å². The summed E-state index contributed by atoms with van der Waals surface area (Å²) >= 11 is 0. The maximum absolute atomic E-state index is 12.1. The fourth-order valence-electron chi connectivity index (χ4n) is 1.84. The molecule has 18 heavy (non-hydrogen) atoms. The van der Waals surface area contributed by atoms with Crippen LogP contribution in [-0.2, 0) is 4.79 Å². The van der Waals surface area contributed by atoms with Crippen molar-refractivity contribution in [1.82, 2.24) is 10.6 Å². The van der Waals surface area contributed by atoms with E-state index in [-0.39, 0.29) is 11.9 Å². The predicted molar refractivity (Wildman–Crippen MR) is 75.5 cm³/mol. The topological polar surface area (TPSA) is 41.1 Å². The zero-order valence-corrected chi connectivity index (χ0v) is 12.0. The van der Waals surface area contributed by atoms with E-state index >= 15 is 0 Å². The Morgan fingerprint density at radius 2 is 1.83 bits per heavy atom. The van der Waals surface area contributed by atoms with E-state index in [0.717, 1.165) is 12.1 Å². The molecule has 3 heteroatoms. The average Bonchev–Trinajstić information content (AvgIpc) is 2.29. The molecule has 1 aromatic carbocycles. The lowest BCUT2D eigenvalue weighted by Gasteiger charge is -2.27. The van der Waals surface area contributed by atoms with Crippen molar-refractivity contribution >= 4 is 5.91 Å². The van der Waals surface area contributed by atoms with Crippen LogP contribution in [0.25, 0.3) is 0 Å². The maximum Gasteiger partial charge on any atom is 0.240 e. The molecule has 0 aromatic heterocycles. The van der Waals surface area contributed by atoms with Crippen molar-refractivity contribution in [2.24, 2.45) is 0 Å². The molecule has 0 aliphatic carbocycles. The Bertz CT molecular complexity index is 395. The van der Waals surface area contributed by atoms with Crippen LogP contribution < -0.4 is 10.6 Å². The molecule has 0 fully saturated rings. The summed E-state index contributed by atoms with van der Waals surface area (Å²) in [6.45, 7) is 10.6. The van der Waals surface area contributed by atoms with Crippen LogP contribution >= 0.6 is 0 Å². The van der Waals surface area contributed by atoms with Crippen LogP contribution in [0.2, 0.25) is 0 Å². The monoisotopic (exact) mass is 248 g/mol. The van der Waals surface area contributed by atoms with Gasteiger partial charge in [0.25, 0.3) is 0 Å². The average molecular weight is 248 g/mol. The van der Waals surface area contributed by atoms with Crippen LogP contribution in [0, 0.1) is 6.92 Å². The SMILES string of the molecule is CCNC(C)(C)C(=O)N[C@H](C)c1ccc(C)cc1. The van der Waals surface area contributed by atoms with E-state index in [1.807, 2.05) is 27.7 Å². The van der Waals surface area contributed by atoms with Crippen LogP contribution in [0.5, 0.6) is 0 Å². The highest BCUT2D eigenvalue weighted by molar-refractivity contribution is 5.85. The number of benzene rings is 1. The number of likely N-dealkylation sites (N-methyl/N-ethyl adjacent to an activating group) is 1. The van der Waals surface area contributed by atoms with Crippen molar-refractivity contribution in [3.8, 4) is 0 Å². The van der Waals surface area contributed by atoms with Gasteiger partial charge in [-0.2, -0.15) is 0 Å². The predicted octanol–water partition coefficient (Wildman–Crippen LogP) is 2.56. The van der Waals surface area contributed by atoms with E-state index in [1.165, 1.54) is 5.56 Å². The van der Waals surface area contributed by atoms with Crippen LogP contribution in [-0.4, -0.2) is 18.0 Å². The molecule has 0 spiro atoms. The molecule has 1 atom stereocenters. The van der Waals surface area contributed by atoms with Gasteiger partial charge >= 0.3 is 0 Å². The van der Waals surface area contributed by atoms with Crippen molar-refractivity contribution in [2.75, 3.05) is 6.54 Å². The molecule has 0 heterocycles. The third kappa shape index (κ3) is 3.84. The fraction of sp³-hybridized carbons (Fsp3) is 0.533. The molecule has 0 saturated heterocycles. The highest BCUT2D eigenvalue weighted by Gasteiger charge is 2.27. The quantitative estimate of drug-likeness (QED) is 0.841. The lowest BCUT2D eigenvalue weighted by molar-refractivity contribution is -0.127. The van der Waals surface area contributed by atoms with Crippen LogP contribution in [0.15, 0.2) is 24.3 Å². The summed E-state index contributed by atoms with van der Waals surface area (Å²) in [6, 6.07) is 8.26. The smallest absolute Gasteiger partial charge is 0.240 e. The van der Waals surface area contributed by atoms with Crippen molar-refractivity contribution in [1.29, 1.82) is 0 Å². The van der Waals surface area contributed by atoms with Crippen molar-refractivity contribution in [3.63, 3.8) is 0 Å². The number of carbonyl (C=O) groups is 1. The molecule has 1 amide bonds. The number of amides is 1. The Morgan fingerprint density at radius 3 is 2.33 bits per heavy atom. The first-order valence-electron chi connectivity index (χ1n) is 6.49. The summed E-state index contributed by atoms with van der Waals surface area (Å²) < 4.78 is 0. The van der Waals surface area contributed by atoms with Gasteiger partial charge in [0.1, 0.15) is 0 Å². The summed E-state index contributed by atoms with van der Waals surface area (Å²) in [5.74, 6) is 0.0254. The van der Waals surface area contributed by atoms with Gasteiger partial charge in [0.2, 0.25) is 5.91 Å². The number of carbonyl (C=O) groups excluding carboxylic acids is 1. The standard InChI is InChI=1S/C15H24N2O/c1-6-16-15(4,5)14(18)17-12(3)13-9-7-11(2)8-10-13/h7-10,12,16H,6H2,1-5H3,(H,17,18)/t12-/m1/s1. The number of hydrogen-bond donors (Lipinski definition) is 2. The number of hydrogen-bond acceptors (Lipinski definition) is 2. The van der Waals surface area contributed by atoms with Crippen molar-refractivity contribution in [2.45, 2.75) is 46.2 Å². The van der Waals surface area contributed by atoms with Crippen molar-refractivity contribution < 1.29 is 4.79 Å². The van der Waals surface area contributed by atoms with Gasteiger partial charge in [0.15, 0.2) is 0 Å². The summed E-state index contributed by atoms with van der Waals surface area (Å²) in [5, 5.41) is 6.21. The minimum absolute atomic E-state index is 0.0241. The lowest BCUT2D eigenvalue weighted by atomic mass is 10.0. The highest BCUT2D eigenvalue weighted by Crippen LogP contribution is 2.14. The molecule has 0 saturated carbocycles. The van der Waals surface area contributed by atoms with Crippen LogP contribution in [0.1, 0.15) is 44.9 Å². The van der Waals surface area contributed by atoms with E-state index < -0.39 is 5.54 Å². The minimum Gasteiger partial charge on any atom is -0.348 e. The van der Waals surface area contributed by atoms with E-state index in [2.05, 4.69) is 41.8 Å². The van der Waals surface area contributed by atoms with Gasteiger partial charge in [-0.3, -0.25) is 4.79 Å². The first kappa shape index (κ1) is 14.7. The molecule has 3 nitrogen and oxygen atoms in total. The number of nitrogens with one attached hydrogen (secondary N) is 2. The Morgan fingerprint density at radius 1 is 1.28 bits per heavy atom. The molecule has 2 N–H and O–H groups in total. The van der Waals surface area contributed by atoms with Gasteiger partial charge in [-0.05, 0) is 39.8 Å². The Balaban J connectivity index is 2.67. The van der Waals surface area contributed by atoms with Gasteiger partial charge in [0.05, 0.1) is 11.6 Å². The summed E-state index contributed by atoms with van der Waals surface area (Å²) in [7, 11) is 0. The molecule has 0 radical (unpaired) electrons. The molecule has 0 aliphatic rings. The van der Waals surface area contributed by atoms with Crippen molar-refractivity contribution in [3.05, 3.63) is 35.4 Å². The zero-order valence-electron chi connectivity index (χ0n) is 12.0. The van der Waals surface area contributed by atoms with Gasteiger partial charge in [0, 0.05) is 0 Å².